The van der Waals surface area contributed by atoms with Gasteiger partial charge in [-0.15, -0.1) is 0 Å². The normalized spacial score (nSPS) is 10.9. The molecule has 0 bridgehead atoms. The minimum Gasteiger partial charge on any atom is -0.507 e. The molecule has 0 amide bonds. The molecule has 102 valence electrons. The second kappa shape index (κ2) is 5.88. The van der Waals surface area contributed by atoms with E-state index in [4.69, 9.17) is 0 Å². The number of ketones is 1. The number of benzene rings is 2. The summed E-state index contributed by atoms with van der Waals surface area (Å²) in [6.45, 7) is 1.38. The fourth-order valence-electron chi connectivity index (χ4n) is 1.69. The van der Waals surface area contributed by atoms with Crippen molar-refractivity contribution >= 4 is 33.6 Å². The summed E-state index contributed by atoms with van der Waals surface area (Å²) in [6.07, 6.45) is 1.43. The Hall–Kier alpha value is -2.14. The Labute approximate surface area is 124 Å². The molecule has 5 heteroatoms. The topological polar surface area (TPSA) is 69.9 Å². The van der Waals surface area contributed by atoms with Gasteiger partial charge in [0.2, 0.25) is 0 Å². The molecule has 0 saturated carbocycles. The largest absolute Gasteiger partial charge is 0.507 e. The summed E-state index contributed by atoms with van der Waals surface area (Å²) >= 11 is 3.30. The highest BCUT2D eigenvalue weighted by Gasteiger charge is 2.09. The van der Waals surface area contributed by atoms with Gasteiger partial charge in [-0.2, -0.15) is 0 Å². The molecule has 0 radical (unpaired) electrons. The van der Waals surface area contributed by atoms with E-state index < -0.39 is 0 Å². The van der Waals surface area contributed by atoms with Crippen LogP contribution < -0.4 is 0 Å². The van der Waals surface area contributed by atoms with Crippen molar-refractivity contribution in [1.29, 1.82) is 0 Å². The van der Waals surface area contributed by atoms with E-state index in [0.717, 1.165) is 4.47 Å². The maximum absolute atomic E-state index is 11.3. The third-order valence-corrected chi connectivity index (χ3v) is 3.22. The number of phenolic OH excluding ortho intramolecular Hbond substituents is 2. The number of hydrogen-bond acceptors (Lipinski definition) is 4. The molecule has 0 aliphatic rings. The molecule has 4 nitrogen and oxygen atoms in total. The lowest BCUT2D eigenvalue weighted by Gasteiger charge is -2.04. The van der Waals surface area contributed by atoms with Gasteiger partial charge in [0.05, 0.1) is 5.56 Å². The number of phenols is 2. The van der Waals surface area contributed by atoms with E-state index in [9.17, 15) is 15.0 Å². The molecule has 0 unspecified atom stereocenters. The van der Waals surface area contributed by atoms with Crippen LogP contribution >= 0.6 is 15.9 Å². The monoisotopic (exact) mass is 333 g/mol. The van der Waals surface area contributed by atoms with Crippen LogP contribution in [0.25, 0.3) is 0 Å². The summed E-state index contributed by atoms with van der Waals surface area (Å²) in [6, 6.07) is 9.72. The molecule has 20 heavy (non-hydrogen) atoms. The molecular formula is C15H12BrNO3. The van der Waals surface area contributed by atoms with Crippen LogP contribution in [0, 0.1) is 0 Å². The molecule has 0 aliphatic carbocycles. The van der Waals surface area contributed by atoms with Crippen molar-refractivity contribution in [2.75, 3.05) is 0 Å². The number of nitrogens with zero attached hydrogens (tertiary/aromatic N) is 1. The zero-order valence-electron chi connectivity index (χ0n) is 10.7. The summed E-state index contributed by atoms with van der Waals surface area (Å²) in [7, 11) is 0. The number of aliphatic imine (C=N–C) groups is 1. The highest BCUT2D eigenvalue weighted by atomic mass is 79.9. The van der Waals surface area contributed by atoms with E-state index in [1.165, 1.54) is 25.3 Å². The van der Waals surface area contributed by atoms with Crippen molar-refractivity contribution in [3.63, 3.8) is 0 Å². The zero-order chi connectivity index (χ0) is 14.7. The molecule has 0 atom stereocenters. The Morgan fingerprint density at radius 1 is 1.25 bits per heavy atom. The van der Waals surface area contributed by atoms with E-state index in [0.29, 0.717) is 5.56 Å². The molecular weight excluding hydrogens is 322 g/mol. The first kappa shape index (κ1) is 14.3. The molecule has 2 aromatic rings. The Balaban J connectivity index is 2.39. The number of para-hydroxylation sites is 1. The predicted octanol–water partition coefficient (Wildman–Crippen LogP) is 3.81. The van der Waals surface area contributed by atoms with Crippen LogP contribution in [0.15, 0.2) is 45.9 Å². The van der Waals surface area contributed by atoms with Crippen LogP contribution in [0.1, 0.15) is 22.8 Å². The summed E-state index contributed by atoms with van der Waals surface area (Å²) < 4.78 is 0.804. The quantitative estimate of drug-likeness (QED) is 0.662. The van der Waals surface area contributed by atoms with E-state index in [1.807, 2.05) is 0 Å². The average molecular weight is 334 g/mol. The van der Waals surface area contributed by atoms with Gasteiger partial charge in [-0.05, 0) is 37.3 Å². The van der Waals surface area contributed by atoms with E-state index >= 15 is 0 Å². The van der Waals surface area contributed by atoms with Crippen LogP contribution in [0.4, 0.5) is 5.69 Å². The van der Waals surface area contributed by atoms with Gasteiger partial charge in [-0.1, -0.05) is 22.0 Å². The van der Waals surface area contributed by atoms with Crippen molar-refractivity contribution in [3.05, 3.63) is 52.0 Å². The lowest BCUT2D eigenvalue weighted by Crippen LogP contribution is -1.92. The van der Waals surface area contributed by atoms with E-state index in [1.54, 1.807) is 24.3 Å². The van der Waals surface area contributed by atoms with Gasteiger partial charge in [-0.25, -0.2) is 0 Å². The van der Waals surface area contributed by atoms with Gasteiger partial charge in [0, 0.05) is 16.3 Å². The highest BCUT2D eigenvalue weighted by Crippen LogP contribution is 2.30. The van der Waals surface area contributed by atoms with Gasteiger partial charge in [0.1, 0.15) is 11.4 Å². The van der Waals surface area contributed by atoms with Crippen LogP contribution in [0.3, 0.4) is 0 Å². The first-order valence-corrected chi connectivity index (χ1v) is 6.64. The Morgan fingerprint density at radius 3 is 2.70 bits per heavy atom. The van der Waals surface area contributed by atoms with E-state index in [2.05, 4.69) is 20.9 Å². The molecule has 0 spiro atoms. The SMILES string of the molecule is CC(=O)c1cccc(N=Cc2cc(Br)ccc2O)c1O. The van der Waals surface area contributed by atoms with E-state index in [-0.39, 0.29) is 28.5 Å². The van der Waals surface area contributed by atoms with Gasteiger partial charge in [0.25, 0.3) is 0 Å². The predicted molar refractivity (Wildman–Crippen MR) is 81.2 cm³/mol. The second-order valence-electron chi connectivity index (χ2n) is 4.19. The van der Waals surface area contributed by atoms with Gasteiger partial charge >= 0.3 is 0 Å². The van der Waals surface area contributed by atoms with Crippen molar-refractivity contribution < 1.29 is 15.0 Å². The Morgan fingerprint density at radius 2 is 2.00 bits per heavy atom. The van der Waals surface area contributed by atoms with Crippen molar-refractivity contribution in [3.8, 4) is 11.5 Å². The third-order valence-electron chi connectivity index (χ3n) is 2.73. The fraction of sp³-hybridized carbons (Fsp3) is 0.0667. The maximum Gasteiger partial charge on any atom is 0.163 e. The standard InChI is InChI=1S/C15H12BrNO3/c1-9(18)12-3-2-4-13(15(12)20)17-8-10-7-11(16)5-6-14(10)19/h2-8,19-20H,1H3. The second-order valence-corrected chi connectivity index (χ2v) is 5.11. The molecule has 2 N–H and O–H groups in total. The van der Waals surface area contributed by atoms with Crippen molar-refractivity contribution in [1.82, 2.24) is 0 Å². The number of hydrogen-bond donors (Lipinski definition) is 2. The summed E-state index contributed by atoms with van der Waals surface area (Å²) in [5.41, 5.74) is 1.00. The lowest BCUT2D eigenvalue weighted by atomic mass is 10.1. The number of Topliss-reactive ketones (excluding diaryl/α,β-unsaturated/α-hetero) is 1. The first-order valence-electron chi connectivity index (χ1n) is 5.84. The van der Waals surface area contributed by atoms with Crippen LogP contribution in [0.5, 0.6) is 11.5 Å². The van der Waals surface area contributed by atoms with Crippen molar-refractivity contribution in [2.45, 2.75) is 6.92 Å². The van der Waals surface area contributed by atoms with Crippen molar-refractivity contribution in [2.24, 2.45) is 4.99 Å². The number of carbonyl (C=O) groups excluding carboxylic acids is 1. The minimum atomic E-state index is -0.232. The Kier molecular flexibility index (Phi) is 4.20. The number of aromatic hydroxyl groups is 2. The Bertz CT molecular complexity index is 696. The summed E-state index contributed by atoms with van der Waals surface area (Å²) in [5.74, 6) is -0.310. The van der Waals surface area contributed by atoms with Gasteiger partial charge in [0.15, 0.2) is 11.5 Å². The molecule has 0 aliphatic heterocycles. The average Bonchev–Trinajstić information content (AvgIpc) is 2.41. The van der Waals surface area contributed by atoms with Crippen LogP contribution in [-0.2, 0) is 0 Å². The highest BCUT2D eigenvalue weighted by molar-refractivity contribution is 9.10. The van der Waals surface area contributed by atoms with Crippen LogP contribution in [0.2, 0.25) is 0 Å². The molecule has 0 aromatic heterocycles. The maximum atomic E-state index is 11.3. The van der Waals surface area contributed by atoms with Gasteiger partial charge in [-0.3, -0.25) is 9.79 Å². The third kappa shape index (κ3) is 3.05. The fourth-order valence-corrected chi connectivity index (χ4v) is 2.07. The molecule has 0 heterocycles. The molecule has 2 rings (SSSR count). The number of rotatable bonds is 3. The van der Waals surface area contributed by atoms with Gasteiger partial charge < -0.3 is 10.2 Å². The molecule has 0 saturated heterocycles. The minimum absolute atomic E-state index is 0.0826. The number of halogens is 1. The molecule has 2 aromatic carbocycles. The zero-order valence-corrected chi connectivity index (χ0v) is 12.3. The first-order chi connectivity index (χ1) is 9.49. The summed E-state index contributed by atoms with van der Waals surface area (Å²) in [4.78, 5) is 15.4. The van der Waals surface area contributed by atoms with Crippen LogP contribution in [-0.4, -0.2) is 22.2 Å². The number of carbonyl (C=O) groups is 1. The molecule has 0 fully saturated rings. The lowest BCUT2D eigenvalue weighted by molar-refractivity contribution is 0.101. The summed E-state index contributed by atoms with van der Waals surface area (Å²) in [5, 5.41) is 19.7. The smallest absolute Gasteiger partial charge is 0.163 e.